The van der Waals surface area contributed by atoms with Crippen LogP contribution in [-0.2, 0) is 9.59 Å². The van der Waals surface area contributed by atoms with Gasteiger partial charge in [0.05, 0.1) is 0 Å². The second kappa shape index (κ2) is 7.38. The average molecular weight is 361 g/mol. The van der Waals surface area contributed by atoms with E-state index in [1.807, 2.05) is 12.2 Å². The predicted molar refractivity (Wildman–Crippen MR) is 86.7 cm³/mol. The van der Waals surface area contributed by atoms with Gasteiger partial charge in [-0.05, 0) is 55.3 Å². The topological polar surface area (TPSA) is 66.4 Å². The number of alkyl halides is 3. The van der Waals surface area contributed by atoms with Gasteiger partial charge in [0.25, 0.3) is 0 Å². The lowest BCUT2D eigenvalue weighted by atomic mass is 9.44. The second-order valence-electron chi connectivity index (χ2n) is 7.83. The molecule has 3 aliphatic carbocycles. The summed E-state index contributed by atoms with van der Waals surface area (Å²) in [6, 6.07) is -0.449. The number of unbranched alkanes of at least 4 members (excludes halogenated alkanes) is 1. The number of amides is 1. The van der Waals surface area contributed by atoms with Crippen molar-refractivity contribution in [1.82, 2.24) is 5.32 Å². The largest absolute Gasteiger partial charge is 0.481 e. The molecule has 3 saturated carbocycles. The first-order valence-corrected chi connectivity index (χ1v) is 8.78. The van der Waals surface area contributed by atoms with Crippen LogP contribution in [0.2, 0.25) is 0 Å². The first kappa shape index (κ1) is 19.8. The van der Waals surface area contributed by atoms with Crippen molar-refractivity contribution in [3.8, 4) is 0 Å². The van der Waals surface area contributed by atoms with Gasteiger partial charge in [-0.15, -0.1) is 0 Å². The van der Waals surface area contributed by atoms with E-state index >= 15 is 0 Å². The molecule has 3 fully saturated rings. The maximum Gasteiger partial charge on any atom is 0.471 e. The third-order valence-corrected chi connectivity index (χ3v) is 6.03. The number of rotatable bonds is 7. The van der Waals surface area contributed by atoms with E-state index < -0.39 is 24.1 Å². The zero-order chi connectivity index (χ0) is 18.8. The van der Waals surface area contributed by atoms with Crippen LogP contribution in [0.5, 0.6) is 0 Å². The summed E-state index contributed by atoms with van der Waals surface area (Å²) in [6.45, 7) is 4.30. The molecule has 4 nitrogen and oxygen atoms in total. The third-order valence-electron chi connectivity index (χ3n) is 6.03. The highest BCUT2D eigenvalue weighted by atomic mass is 19.4. The Hall–Kier alpha value is -1.53. The van der Waals surface area contributed by atoms with E-state index in [9.17, 15) is 22.8 Å². The molecule has 7 heteroatoms. The molecule has 2 N–H and O–H groups in total. The summed E-state index contributed by atoms with van der Waals surface area (Å²) in [5.41, 5.74) is 0.0985. The Balaban J connectivity index is 1.95. The van der Waals surface area contributed by atoms with E-state index in [4.69, 9.17) is 5.11 Å². The van der Waals surface area contributed by atoms with Gasteiger partial charge in [0.1, 0.15) is 0 Å². The summed E-state index contributed by atoms with van der Waals surface area (Å²) < 4.78 is 37.7. The molecule has 0 aromatic rings. The number of carboxylic acids is 1. The van der Waals surface area contributed by atoms with E-state index in [0.29, 0.717) is 37.5 Å². The minimum absolute atomic E-state index is 0.0120. The number of allylic oxidation sites excluding steroid dienone is 2. The number of hydrogen-bond donors (Lipinski definition) is 2. The number of fused-ring (bicyclic) bond motifs is 2. The zero-order valence-electron chi connectivity index (χ0n) is 14.6. The van der Waals surface area contributed by atoms with Crippen molar-refractivity contribution < 1.29 is 27.9 Å². The molecule has 0 aliphatic heterocycles. The normalized spacial score (nSPS) is 30.8. The number of nitrogens with one attached hydrogen (secondary N) is 1. The third kappa shape index (κ3) is 4.55. The van der Waals surface area contributed by atoms with E-state index in [-0.39, 0.29) is 17.8 Å². The van der Waals surface area contributed by atoms with Crippen molar-refractivity contribution in [2.75, 3.05) is 0 Å². The highest BCUT2D eigenvalue weighted by Gasteiger charge is 2.58. The lowest BCUT2D eigenvalue weighted by molar-refractivity contribution is -0.179. The van der Waals surface area contributed by atoms with Crippen molar-refractivity contribution in [3.63, 3.8) is 0 Å². The molecule has 25 heavy (non-hydrogen) atoms. The monoisotopic (exact) mass is 361 g/mol. The molecule has 142 valence electrons. The first-order valence-electron chi connectivity index (χ1n) is 8.78. The summed E-state index contributed by atoms with van der Waals surface area (Å²) in [7, 11) is 0. The number of carboxylic acid groups (broad SMARTS) is 1. The molecule has 0 saturated heterocycles. The summed E-state index contributed by atoms with van der Waals surface area (Å²) in [5.74, 6) is -2.05. The van der Waals surface area contributed by atoms with Gasteiger partial charge in [-0.25, -0.2) is 0 Å². The van der Waals surface area contributed by atoms with Crippen LogP contribution >= 0.6 is 0 Å². The molecule has 2 bridgehead atoms. The van der Waals surface area contributed by atoms with Crippen molar-refractivity contribution >= 4 is 11.9 Å². The van der Waals surface area contributed by atoms with Gasteiger partial charge in [-0.3, -0.25) is 9.59 Å². The van der Waals surface area contributed by atoms with E-state index in [1.165, 1.54) is 0 Å². The van der Waals surface area contributed by atoms with Crippen LogP contribution in [0.25, 0.3) is 0 Å². The molecule has 0 aromatic carbocycles. The van der Waals surface area contributed by atoms with Crippen molar-refractivity contribution in [2.24, 2.45) is 23.2 Å². The SMILES string of the molecule is CC1(C)[C@@H]2C[C@@H](NC(=O)C(F)(F)F)[C@@H](CC=CCCCC(=O)O)[C@@H]1C2. The van der Waals surface area contributed by atoms with Gasteiger partial charge < -0.3 is 10.4 Å². The summed E-state index contributed by atoms with van der Waals surface area (Å²) in [4.78, 5) is 21.8. The maximum absolute atomic E-state index is 12.6. The molecule has 3 aliphatic rings. The van der Waals surface area contributed by atoms with Crippen LogP contribution in [0, 0.1) is 23.2 Å². The van der Waals surface area contributed by atoms with Gasteiger partial charge >= 0.3 is 18.1 Å². The molecule has 0 unspecified atom stereocenters. The second-order valence-corrected chi connectivity index (χ2v) is 7.83. The van der Waals surface area contributed by atoms with Crippen LogP contribution in [0.15, 0.2) is 12.2 Å². The lowest BCUT2D eigenvalue weighted by Gasteiger charge is -2.62. The predicted octanol–water partition coefficient (Wildman–Crippen LogP) is 3.92. The molecule has 0 radical (unpaired) electrons. The standard InChI is InChI=1S/C18H26F3NO3/c1-17(2)11-9-13(17)12(7-5-3-4-6-8-15(23)24)14(10-11)22-16(25)18(19,20)21/h3,5,11-14H,4,6-10H2,1-2H3,(H,22,25)(H,23,24)/t11-,12-,13-,14+/m0/s1. The van der Waals surface area contributed by atoms with Crippen molar-refractivity contribution in [1.29, 1.82) is 0 Å². The van der Waals surface area contributed by atoms with Crippen molar-refractivity contribution in [3.05, 3.63) is 12.2 Å². The Kier molecular flexibility index (Phi) is 5.84. The minimum Gasteiger partial charge on any atom is -0.481 e. The molecule has 3 rings (SSSR count). The van der Waals surface area contributed by atoms with Crippen LogP contribution in [0.4, 0.5) is 13.2 Å². The van der Waals surface area contributed by atoms with Gasteiger partial charge in [0.2, 0.25) is 0 Å². The molecule has 4 atom stereocenters. The van der Waals surface area contributed by atoms with Crippen molar-refractivity contribution in [2.45, 2.75) is 64.6 Å². The number of hydrogen-bond acceptors (Lipinski definition) is 2. The first-order chi connectivity index (χ1) is 11.5. The summed E-state index contributed by atoms with van der Waals surface area (Å²) in [6.07, 6.45) is 2.44. The maximum atomic E-state index is 12.6. The minimum atomic E-state index is -4.85. The Morgan fingerprint density at radius 3 is 2.48 bits per heavy atom. The van der Waals surface area contributed by atoms with Crippen LogP contribution < -0.4 is 5.32 Å². The average Bonchev–Trinajstić information content (AvgIpc) is 2.49. The highest BCUT2D eigenvalue weighted by molar-refractivity contribution is 5.82. The molecular formula is C18H26F3NO3. The molecule has 0 heterocycles. The van der Waals surface area contributed by atoms with Crippen LogP contribution in [0.1, 0.15) is 52.4 Å². The number of halogens is 3. The number of carbonyl (C=O) groups excluding carboxylic acids is 1. The number of carbonyl (C=O) groups is 2. The smallest absolute Gasteiger partial charge is 0.471 e. The molecule has 0 aromatic heterocycles. The molecule has 0 spiro atoms. The Bertz CT molecular complexity index is 542. The van der Waals surface area contributed by atoms with Gasteiger partial charge in [-0.2, -0.15) is 13.2 Å². The van der Waals surface area contributed by atoms with E-state index in [0.717, 1.165) is 6.42 Å². The van der Waals surface area contributed by atoms with E-state index in [2.05, 4.69) is 19.2 Å². The Labute approximate surface area is 145 Å². The fourth-order valence-corrected chi connectivity index (χ4v) is 4.43. The fourth-order valence-electron chi connectivity index (χ4n) is 4.43. The number of aliphatic carboxylic acids is 1. The summed E-state index contributed by atoms with van der Waals surface area (Å²) in [5, 5.41) is 10.8. The van der Waals surface area contributed by atoms with Gasteiger partial charge in [0, 0.05) is 12.5 Å². The van der Waals surface area contributed by atoms with Crippen LogP contribution in [0.3, 0.4) is 0 Å². The van der Waals surface area contributed by atoms with Gasteiger partial charge in [-0.1, -0.05) is 26.0 Å². The quantitative estimate of drug-likeness (QED) is 0.534. The molecular weight excluding hydrogens is 335 g/mol. The summed E-state index contributed by atoms with van der Waals surface area (Å²) >= 11 is 0. The Morgan fingerprint density at radius 2 is 1.92 bits per heavy atom. The zero-order valence-corrected chi connectivity index (χ0v) is 14.6. The van der Waals surface area contributed by atoms with E-state index in [1.54, 1.807) is 0 Å². The lowest BCUT2D eigenvalue weighted by Crippen LogP contribution is -2.62. The highest BCUT2D eigenvalue weighted by Crippen LogP contribution is 2.62. The molecule has 1 amide bonds. The Morgan fingerprint density at radius 1 is 1.24 bits per heavy atom. The van der Waals surface area contributed by atoms with Crippen LogP contribution in [-0.4, -0.2) is 29.2 Å². The van der Waals surface area contributed by atoms with Gasteiger partial charge in [0.15, 0.2) is 0 Å². The fraction of sp³-hybridized carbons (Fsp3) is 0.778.